The first-order valence-electron chi connectivity index (χ1n) is 5.54. The van der Waals surface area contributed by atoms with E-state index >= 15 is 0 Å². The minimum Gasteiger partial charge on any atom is -0.459 e. The van der Waals surface area contributed by atoms with Crippen LogP contribution < -0.4 is 0 Å². The van der Waals surface area contributed by atoms with Crippen molar-refractivity contribution < 1.29 is 19.0 Å². The first-order chi connectivity index (χ1) is 7.12. The molecule has 0 spiro atoms. The van der Waals surface area contributed by atoms with Crippen molar-refractivity contribution in [3.05, 3.63) is 0 Å². The van der Waals surface area contributed by atoms with E-state index in [1.165, 1.54) is 6.92 Å². The molecule has 1 fully saturated rings. The quantitative estimate of drug-likeness (QED) is 0.481. The van der Waals surface area contributed by atoms with Crippen molar-refractivity contribution in [2.24, 2.45) is 0 Å². The van der Waals surface area contributed by atoms with E-state index in [4.69, 9.17) is 14.2 Å². The summed E-state index contributed by atoms with van der Waals surface area (Å²) in [7, 11) is 0. The van der Waals surface area contributed by atoms with E-state index in [2.05, 4.69) is 0 Å². The van der Waals surface area contributed by atoms with Crippen LogP contribution in [0.5, 0.6) is 0 Å². The lowest BCUT2D eigenvalue weighted by Crippen LogP contribution is -2.28. The molecule has 1 rings (SSSR count). The number of carbonyl (C=O) groups excluding carboxylic acids is 1. The van der Waals surface area contributed by atoms with Crippen LogP contribution in [0.15, 0.2) is 0 Å². The van der Waals surface area contributed by atoms with Gasteiger partial charge in [-0.05, 0) is 26.7 Å². The molecule has 0 unspecified atom stereocenters. The SMILES string of the molecule is CCOC(CC1(OC(C)=O)CC1)OCC. The number of hydrogen-bond acceptors (Lipinski definition) is 4. The smallest absolute Gasteiger partial charge is 0.303 e. The van der Waals surface area contributed by atoms with E-state index in [9.17, 15) is 4.79 Å². The van der Waals surface area contributed by atoms with Gasteiger partial charge >= 0.3 is 5.97 Å². The van der Waals surface area contributed by atoms with Crippen molar-refractivity contribution in [2.45, 2.75) is 51.9 Å². The Morgan fingerprint density at radius 3 is 2.13 bits per heavy atom. The van der Waals surface area contributed by atoms with Crippen LogP contribution in [-0.4, -0.2) is 31.1 Å². The molecule has 0 aromatic carbocycles. The van der Waals surface area contributed by atoms with E-state index < -0.39 is 0 Å². The van der Waals surface area contributed by atoms with Gasteiger partial charge in [0.15, 0.2) is 6.29 Å². The highest BCUT2D eigenvalue weighted by Gasteiger charge is 2.48. The normalized spacial score (nSPS) is 17.9. The van der Waals surface area contributed by atoms with E-state index in [1.807, 2.05) is 13.8 Å². The monoisotopic (exact) mass is 216 g/mol. The van der Waals surface area contributed by atoms with E-state index in [0.717, 1.165) is 12.8 Å². The summed E-state index contributed by atoms with van der Waals surface area (Å²) in [5.41, 5.74) is -0.305. The molecule has 88 valence electrons. The third-order valence-corrected chi connectivity index (χ3v) is 2.41. The Bertz CT molecular complexity index is 205. The van der Waals surface area contributed by atoms with E-state index in [0.29, 0.717) is 19.6 Å². The van der Waals surface area contributed by atoms with Crippen LogP contribution >= 0.6 is 0 Å². The van der Waals surface area contributed by atoms with Gasteiger partial charge in [0.05, 0.1) is 0 Å². The van der Waals surface area contributed by atoms with Crippen LogP contribution in [0.1, 0.15) is 40.0 Å². The second-order valence-corrected chi connectivity index (χ2v) is 3.82. The standard InChI is InChI=1S/C11H20O4/c1-4-13-10(14-5-2)8-11(6-7-11)15-9(3)12/h10H,4-8H2,1-3H3. The zero-order chi connectivity index (χ0) is 11.3. The topological polar surface area (TPSA) is 44.8 Å². The van der Waals surface area contributed by atoms with E-state index in [-0.39, 0.29) is 17.9 Å². The van der Waals surface area contributed by atoms with Crippen molar-refractivity contribution in [1.29, 1.82) is 0 Å². The summed E-state index contributed by atoms with van der Waals surface area (Å²) in [5.74, 6) is -0.223. The summed E-state index contributed by atoms with van der Waals surface area (Å²) >= 11 is 0. The third-order valence-electron chi connectivity index (χ3n) is 2.41. The fourth-order valence-electron chi connectivity index (χ4n) is 1.63. The summed E-state index contributed by atoms with van der Waals surface area (Å²) in [6, 6.07) is 0. The molecule has 0 aromatic heterocycles. The molecule has 1 aliphatic carbocycles. The van der Waals surface area contributed by atoms with Gasteiger partial charge in [-0.25, -0.2) is 0 Å². The molecular formula is C11H20O4. The molecule has 4 nitrogen and oxygen atoms in total. The molecule has 0 amide bonds. The molecule has 15 heavy (non-hydrogen) atoms. The average molecular weight is 216 g/mol. The maximum Gasteiger partial charge on any atom is 0.303 e. The zero-order valence-electron chi connectivity index (χ0n) is 9.75. The van der Waals surface area contributed by atoms with Gasteiger partial charge in [0.25, 0.3) is 0 Å². The van der Waals surface area contributed by atoms with Gasteiger partial charge in [-0.15, -0.1) is 0 Å². The fourth-order valence-corrected chi connectivity index (χ4v) is 1.63. The van der Waals surface area contributed by atoms with Crippen LogP contribution in [0.3, 0.4) is 0 Å². The molecule has 0 aromatic rings. The summed E-state index contributed by atoms with van der Waals surface area (Å²) in [6.45, 7) is 6.52. The molecule has 1 aliphatic rings. The second kappa shape index (κ2) is 5.47. The summed E-state index contributed by atoms with van der Waals surface area (Å²) < 4.78 is 16.1. The molecule has 0 atom stereocenters. The van der Waals surface area contributed by atoms with Gasteiger partial charge in [0.2, 0.25) is 0 Å². The Morgan fingerprint density at radius 2 is 1.80 bits per heavy atom. The second-order valence-electron chi connectivity index (χ2n) is 3.82. The molecule has 4 heteroatoms. The molecule has 0 N–H and O–H groups in total. The van der Waals surface area contributed by atoms with E-state index in [1.54, 1.807) is 0 Å². The number of rotatable bonds is 7. The van der Waals surface area contributed by atoms with Gasteiger partial charge in [0, 0.05) is 26.6 Å². The number of ether oxygens (including phenoxy) is 3. The highest BCUT2D eigenvalue weighted by atomic mass is 16.7. The Hall–Kier alpha value is -0.610. The van der Waals surface area contributed by atoms with Gasteiger partial charge in [-0.1, -0.05) is 0 Å². The van der Waals surface area contributed by atoms with Gasteiger partial charge in [-0.2, -0.15) is 0 Å². The lowest BCUT2D eigenvalue weighted by atomic mass is 10.2. The minimum absolute atomic E-state index is 0.223. The van der Waals surface area contributed by atoms with Crippen LogP contribution in [0, 0.1) is 0 Å². The number of hydrogen-bond donors (Lipinski definition) is 0. The van der Waals surface area contributed by atoms with Gasteiger partial charge < -0.3 is 14.2 Å². The van der Waals surface area contributed by atoms with Crippen molar-refractivity contribution in [1.82, 2.24) is 0 Å². The molecule has 1 saturated carbocycles. The van der Waals surface area contributed by atoms with Crippen molar-refractivity contribution in [3.8, 4) is 0 Å². The van der Waals surface area contributed by atoms with Crippen LogP contribution in [0.2, 0.25) is 0 Å². The lowest BCUT2D eigenvalue weighted by Gasteiger charge is -2.22. The maximum atomic E-state index is 10.9. The zero-order valence-corrected chi connectivity index (χ0v) is 9.75. The predicted octanol–water partition coefficient (Wildman–Crippen LogP) is 1.87. The molecule has 0 aliphatic heterocycles. The largest absolute Gasteiger partial charge is 0.459 e. The van der Waals surface area contributed by atoms with Crippen molar-refractivity contribution in [3.63, 3.8) is 0 Å². The molecule has 0 bridgehead atoms. The molecular weight excluding hydrogens is 196 g/mol. The minimum atomic E-state index is -0.305. The first-order valence-corrected chi connectivity index (χ1v) is 5.54. The van der Waals surface area contributed by atoms with Crippen LogP contribution in [-0.2, 0) is 19.0 Å². The van der Waals surface area contributed by atoms with Crippen molar-refractivity contribution >= 4 is 5.97 Å². The summed E-state index contributed by atoms with van der Waals surface area (Å²) in [5, 5.41) is 0. The molecule has 0 radical (unpaired) electrons. The predicted molar refractivity (Wildman–Crippen MR) is 55.4 cm³/mol. The Kier molecular flexibility index (Phi) is 4.54. The fraction of sp³-hybridized carbons (Fsp3) is 0.909. The summed E-state index contributed by atoms with van der Waals surface area (Å²) in [6.07, 6.45) is 2.24. The first kappa shape index (κ1) is 12.5. The maximum absolute atomic E-state index is 10.9. The molecule has 0 saturated heterocycles. The molecule has 0 heterocycles. The lowest BCUT2D eigenvalue weighted by molar-refractivity contribution is -0.171. The number of carbonyl (C=O) groups is 1. The van der Waals surface area contributed by atoms with Gasteiger partial charge in [0.1, 0.15) is 5.60 Å². The highest BCUT2D eigenvalue weighted by Crippen LogP contribution is 2.44. The van der Waals surface area contributed by atoms with Crippen molar-refractivity contribution in [2.75, 3.05) is 13.2 Å². The van der Waals surface area contributed by atoms with Crippen LogP contribution in [0.4, 0.5) is 0 Å². The van der Waals surface area contributed by atoms with Gasteiger partial charge in [-0.3, -0.25) is 4.79 Å². The van der Waals surface area contributed by atoms with Crippen LogP contribution in [0.25, 0.3) is 0 Å². The summed E-state index contributed by atoms with van der Waals surface area (Å²) in [4.78, 5) is 10.9. The highest BCUT2D eigenvalue weighted by molar-refractivity contribution is 5.66. The Balaban J connectivity index is 2.39. The Labute approximate surface area is 90.9 Å². The Morgan fingerprint density at radius 1 is 1.27 bits per heavy atom. The number of esters is 1. The third kappa shape index (κ3) is 4.18. The average Bonchev–Trinajstić information content (AvgIpc) is 2.84.